The Balaban J connectivity index is 1.94. The van der Waals surface area contributed by atoms with E-state index in [9.17, 15) is 14.0 Å². The van der Waals surface area contributed by atoms with Crippen LogP contribution in [0.15, 0.2) is 42.5 Å². The number of halogens is 1. The third-order valence-electron chi connectivity index (χ3n) is 3.65. The summed E-state index contributed by atoms with van der Waals surface area (Å²) in [5.41, 5.74) is 1.24. The summed E-state index contributed by atoms with van der Waals surface area (Å²) < 4.78 is 23.2. The van der Waals surface area contributed by atoms with Crippen molar-refractivity contribution in [3.8, 4) is 11.5 Å². The minimum absolute atomic E-state index is 0.293. The Kier molecular flexibility index (Phi) is 6.54. The molecule has 0 unspecified atom stereocenters. The molecule has 0 aliphatic heterocycles. The van der Waals surface area contributed by atoms with Gasteiger partial charge in [0, 0.05) is 29.9 Å². The Morgan fingerprint density at radius 3 is 2.12 bits per heavy atom. The number of carbonyl (C=O) groups is 2. The smallest absolute Gasteiger partial charge is 0.313 e. The maximum absolute atomic E-state index is 12.9. The molecule has 2 aromatic rings. The third kappa shape index (κ3) is 5.47. The van der Waals surface area contributed by atoms with E-state index in [2.05, 4.69) is 10.6 Å². The molecule has 0 heterocycles. The number of methoxy groups -OCH3 is 2. The van der Waals surface area contributed by atoms with Gasteiger partial charge >= 0.3 is 11.8 Å². The summed E-state index contributed by atoms with van der Waals surface area (Å²) in [6.07, 6.45) is 0.478. The van der Waals surface area contributed by atoms with Crippen molar-refractivity contribution in [2.24, 2.45) is 0 Å². The second kappa shape index (κ2) is 8.84. The highest BCUT2D eigenvalue weighted by Gasteiger charge is 2.17. The van der Waals surface area contributed by atoms with E-state index in [-0.39, 0.29) is 11.9 Å². The van der Waals surface area contributed by atoms with E-state index in [1.807, 2.05) is 0 Å². The summed E-state index contributed by atoms with van der Waals surface area (Å²) in [5, 5.41) is 5.12. The van der Waals surface area contributed by atoms with Crippen LogP contribution in [0.25, 0.3) is 0 Å². The number of anilines is 1. The molecule has 2 rings (SSSR count). The quantitative estimate of drug-likeness (QED) is 0.776. The molecular formula is C19H21FN2O4. The fraction of sp³-hybridized carbons (Fsp3) is 0.263. The molecule has 0 saturated carbocycles. The number of rotatable bonds is 6. The van der Waals surface area contributed by atoms with Crippen molar-refractivity contribution in [3.63, 3.8) is 0 Å². The van der Waals surface area contributed by atoms with Crippen molar-refractivity contribution in [2.75, 3.05) is 19.5 Å². The first-order valence-corrected chi connectivity index (χ1v) is 8.00. The van der Waals surface area contributed by atoms with Crippen LogP contribution in [0.1, 0.15) is 12.5 Å². The molecule has 0 radical (unpaired) electrons. The van der Waals surface area contributed by atoms with Crippen LogP contribution in [0.5, 0.6) is 11.5 Å². The Bertz CT molecular complexity index is 755. The second-order valence-corrected chi connectivity index (χ2v) is 5.76. The molecule has 2 aromatic carbocycles. The summed E-state index contributed by atoms with van der Waals surface area (Å²) >= 11 is 0. The van der Waals surface area contributed by atoms with Crippen molar-refractivity contribution in [1.29, 1.82) is 0 Å². The summed E-state index contributed by atoms with van der Waals surface area (Å²) in [4.78, 5) is 24.2. The van der Waals surface area contributed by atoms with Gasteiger partial charge in [0.05, 0.1) is 14.2 Å². The average molecular weight is 360 g/mol. The number of nitrogens with one attached hydrogen (secondary N) is 2. The predicted molar refractivity (Wildman–Crippen MR) is 95.9 cm³/mol. The van der Waals surface area contributed by atoms with Crippen molar-refractivity contribution in [2.45, 2.75) is 19.4 Å². The molecule has 0 spiro atoms. The van der Waals surface area contributed by atoms with Gasteiger partial charge in [0.1, 0.15) is 17.3 Å². The lowest BCUT2D eigenvalue weighted by molar-refractivity contribution is -0.136. The van der Waals surface area contributed by atoms with Gasteiger partial charge in [-0.3, -0.25) is 9.59 Å². The zero-order chi connectivity index (χ0) is 19.1. The summed E-state index contributed by atoms with van der Waals surface area (Å²) in [6, 6.07) is 10.5. The highest BCUT2D eigenvalue weighted by atomic mass is 19.1. The van der Waals surface area contributed by atoms with Crippen LogP contribution in [0.3, 0.4) is 0 Å². The molecule has 0 aliphatic rings. The monoisotopic (exact) mass is 360 g/mol. The van der Waals surface area contributed by atoms with Crippen molar-refractivity contribution >= 4 is 17.5 Å². The van der Waals surface area contributed by atoms with Gasteiger partial charge in [-0.15, -0.1) is 0 Å². The van der Waals surface area contributed by atoms with Crippen LogP contribution >= 0.6 is 0 Å². The van der Waals surface area contributed by atoms with Gasteiger partial charge in [-0.05, 0) is 31.0 Å². The lowest BCUT2D eigenvalue weighted by atomic mass is 10.1. The zero-order valence-corrected chi connectivity index (χ0v) is 14.8. The van der Waals surface area contributed by atoms with Crippen molar-refractivity contribution in [1.82, 2.24) is 5.32 Å². The normalized spacial score (nSPS) is 11.4. The lowest BCUT2D eigenvalue weighted by Crippen LogP contribution is -2.41. The largest absolute Gasteiger partial charge is 0.497 e. The van der Waals surface area contributed by atoms with E-state index in [4.69, 9.17) is 9.47 Å². The highest BCUT2D eigenvalue weighted by Crippen LogP contribution is 2.25. The average Bonchev–Trinajstić information content (AvgIpc) is 2.63. The molecule has 7 heteroatoms. The van der Waals surface area contributed by atoms with E-state index in [0.717, 1.165) is 5.56 Å². The Morgan fingerprint density at radius 1 is 1.00 bits per heavy atom. The first-order valence-electron chi connectivity index (χ1n) is 8.00. The number of ether oxygens (including phenoxy) is 2. The van der Waals surface area contributed by atoms with Crippen LogP contribution < -0.4 is 20.1 Å². The van der Waals surface area contributed by atoms with Gasteiger partial charge in [0.15, 0.2) is 0 Å². The fourth-order valence-corrected chi connectivity index (χ4v) is 2.38. The molecule has 0 aromatic heterocycles. The first kappa shape index (κ1) is 19.2. The number of benzene rings is 2. The number of carbonyl (C=O) groups excluding carboxylic acids is 2. The Morgan fingerprint density at radius 2 is 1.58 bits per heavy atom. The Labute approximate surface area is 151 Å². The summed E-state index contributed by atoms with van der Waals surface area (Å²) in [6.45, 7) is 1.77. The van der Waals surface area contributed by atoms with Crippen molar-refractivity contribution < 1.29 is 23.5 Å². The molecule has 2 amide bonds. The molecular weight excluding hydrogens is 339 g/mol. The predicted octanol–water partition coefficient (Wildman–Crippen LogP) is 2.53. The molecule has 0 bridgehead atoms. The van der Waals surface area contributed by atoms with Crippen LogP contribution in [0, 0.1) is 5.82 Å². The summed E-state index contributed by atoms with van der Waals surface area (Å²) in [7, 11) is 2.98. The molecule has 1 atom stereocenters. The molecule has 0 saturated heterocycles. The molecule has 26 heavy (non-hydrogen) atoms. The number of amides is 2. The van der Waals surface area contributed by atoms with E-state index < -0.39 is 11.8 Å². The minimum Gasteiger partial charge on any atom is -0.497 e. The molecule has 0 fully saturated rings. The van der Waals surface area contributed by atoms with Crippen molar-refractivity contribution in [3.05, 3.63) is 53.8 Å². The van der Waals surface area contributed by atoms with E-state index in [1.165, 1.54) is 26.4 Å². The second-order valence-electron chi connectivity index (χ2n) is 5.76. The topological polar surface area (TPSA) is 76.7 Å². The molecule has 6 nitrogen and oxygen atoms in total. The van der Waals surface area contributed by atoms with Gasteiger partial charge in [-0.25, -0.2) is 4.39 Å². The Hall–Kier alpha value is -3.09. The zero-order valence-electron chi connectivity index (χ0n) is 14.8. The van der Waals surface area contributed by atoms with Gasteiger partial charge in [-0.1, -0.05) is 12.1 Å². The van der Waals surface area contributed by atoms with Crippen LogP contribution in [0.2, 0.25) is 0 Å². The van der Waals surface area contributed by atoms with Gasteiger partial charge in [0.2, 0.25) is 0 Å². The van der Waals surface area contributed by atoms with Crippen LogP contribution in [0.4, 0.5) is 10.1 Å². The lowest BCUT2D eigenvalue weighted by Gasteiger charge is -2.14. The summed E-state index contributed by atoms with van der Waals surface area (Å²) in [5.74, 6) is -0.902. The first-order chi connectivity index (χ1) is 12.4. The SMILES string of the molecule is COc1cc(NC(=O)C(=O)N[C@@H](C)Cc2ccc(F)cc2)cc(OC)c1. The number of hydrogen-bond acceptors (Lipinski definition) is 4. The maximum Gasteiger partial charge on any atom is 0.313 e. The molecule has 2 N–H and O–H groups in total. The van der Waals surface area contributed by atoms with E-state index >= 15 is 0 Å². The molecule has 0 aliphatic carbocycles. The van der Waals surface area contributed by atoms with Crippen LogP contribution in [-0.4, -0.2) is 32.1 Å². The molecule has 138 valence electrons. The van der Waals surface area contributed by atoms with Crippen LogP contribution in [-0.2, 0) is 16.0 Å². The van der Waals surface area contributed by atoms with Gasteiger partial charge < -0.3 is 20.1 Å². The fourth-order valence-electron chi connectivity index (χ4n) is 2.38. The maximum atomic E-state index is 12.9. The standard InChI is InChI=1S/C19H21FN2O4/c1-12(8-13-4-6-14(20)7-5-13)21-18(23)19(24)22-15-9-16(25-2)11-17(10-15)26-3/h4-7,9-12H,8H2,1-3H3,(H,21,23)(H,22,24)/t12-/m0/s1. The highest BCUT2D eigenvalue weighted by molar-refractivity contribution is 6.39. The van der Waals surface area contributed by atoms with Gasteiger partial charge in [-0.2, -0.15) is 0 Å². The van der Waals surface area contributed by atoms with E-state index in [1.54, 1.807) is 37.3 Å². The minimum atomic E-state index is -0.800. The van der Waals surface area contributed by atoms with E-state index in [0.29, 0.717) is 23.6 Å². The number of hydrogen-bond donors (Lipinski definition) is 2. The third-order valence-corrected chi connectivity index (χ3v) is 3.65. The van der Waals surface area contributed by atoms with Gasteiger partial charge in [0.25, 0.3) is 0 Å².